The lowest BCUT2D eigenvalue weighted by Crippen LogP contribution is -2.19. The molecule has 0 saturated carbocycles. The Kier molecular flexibility index (Phi) is 3.94. The van der Waals surface area contributed by atoms with Gasteiger partial charge in [0, 0.05) is 29.1 Å². The SMILES string of the molecule is c1ccc(C2=Nc3c(ncnc3N3CCCC3)Sc3ccccc32)cc1. The normalized spacial score (nSPS) is 15.8. The number of hydrogen-bond donors (Lipinski definition) is 0. The predicted molar refractivity (Wildman–Crippen MR) is 106 cm³/mol. The molecule has 4 nitrogen and oxygen atoms in total. The molecule has 2 aliphatic heterocycles. The fourth-order valence-corrected chi connectivity index (χ4v) is 4.49. The lowest BCUT2D eigenvalue weighted by molar-refractivity contribution is 0.908. The van der Waals surface area contributed by atoms with Gasteiger partial charge in [-0.15, -0.1) is 0 Å². The molecule has 5 rings (SSSR count). The summed E-state index contributed by atoms with van der Waals surface area (Å²) in [6.07, 6.45) is 4.09. The van der Waals surface area contributed by atoms with Crippen molar-refractivity contribution in [1.29, 1.82) is 0 Å². The minimum Gasteiger partial charge on any atom is -0.355 e. The van der Waals surface area contributed by atoms with Crippen molar-refractivity contribution < 1.29 is 0 Å². The first-order valence-electron chi connectivity index (χ1n) is 8.91. The molecule has 128 valence electrons. The molecule has 1 fully saturated rings. The summed E-state index contributed by atoms with van der Waals surface area (Å²) < 4.78 is 0. The molecule has 0 spiro atoms. The number of benzene rings is 2. The quantitative estimate of drug-likeness (QED) is 0.487. The molecule has 0 N–H and O–H groups in total. The topological polar surface area (TPSA) is 41.4 Å². The van der Waals surface area contributed by atoms with E-state index >= 15 is 0 Å². The molecular formula is C21H18N4S. The molecule has 0 aliphatic carbocycles. The Labute approximate surface area is 157 Å². The van der Waals surface area contributed by atoms with Crippen LogP contribution in [0.15, 0.2) is 75.8 Å². The third-order valence-corrected chi connectivity index (χ3v) is 5.86. The Morgan fingerprint density at radius 2 is 1.62 bits per heavy atom. The number of aromatic nitrogens is 2. The third kappa shape index (κ3) is 2.69. The Morgan fingerprint density at radius 1 is 0.846 bits per heavy atom. The summed E-state index contributed by atoms with van der Waals surface area (Å²) in [7, 11) is 0. The van der Waals surface area contributed by atoms with Crippen LogP contribution in [-0.4, -0.2) is 28.8 Å². The van der Waals surface area contributed by atoms with Crippen LogP contribution in [0.3, 0.4) is 0 Å². The fraction of sp³-hybridized carbons (Fsp3) is 0.190. The Balaban J connectivity index is 1.75. The van der Waals surface area contributed by atoms with Gasteiger partial charge in [-0.05, 0) is 18.9 Å². The van der Waals surface area contributed by atoms with Gasteiger partial charge in [-0.2, -0.15) is 0 Å². The van der Waals surface area contributed by atoms with Crippen molar-refractivity contribution in [3.8, 4) is 0 Å². The van der Waals surface area contributed by atoms with Crippen molar-refractivity contribution in [2.45, 2.75) is 22.8 Å². The molecule has 2 aliphatic rings. The van der Waals surface area contributed by atoms with Gasteiger partial charge >= 0.3 is 0 Å². The largest absolute Gasteiger partial charge is 0.355 e. The molecule has 0 amide bonds. The lowest BCUT2D eigenvalue weighted by Gasteiger charge is -2.18. The number of fused-ring (bicyclic) bond motifs is 2. The zero-order chi connectivity index (χ0) is 17.3. The van der Waals surface area contributed by atoms with Crippen molar-refractivity contribution in [3.63, 3.8) is 0 Å². The molecule has 0 unspecified atom stereocenters. The van der Waals surface area contributed by atoms with E-state index in [2.05, 4.69) is 63.4 Å². The minimum atomic E-state index is 0.898. The second-order valence-corrected chi connectivity index (χ2v) is 7.50. The molecule has 2 aromatic carbocycles. The van der Waals surface area contributed by atoms with Gasteiger partial charge in [0.2, 0.25) is 0 Å². The zero-order valence-electron chi connectivity index (χ0n) is 14.3. The maximum Gasteiger partial charge on any atom is 0.159 e. The van der Waals surface area contributed by atoms with E-state index in [9.17, 15) is 0 Å². The van der Waals surface area contributed by atoms with Crippen LogP contribution in [0.5, 0.6) is 0 Å². The molecular weight excluding hydrogens is 340 g/mol. The van der Waals surface area contributed by atoms with E-state index in [0.29, 0.717) is 0 Å². The molecule has 1 aromatic heterocycles. The van der Waals surface area contributed by atoms with Crippen LogP contribution >= 0.6 is 11.8 Å². The Hall–Kier alpha value is -2.66. The summed E-state index contributed by atoms with van der Waals surface area (Å²) in [6.45, 7) is 2.08. The Bertz CT molecular complexity index is 978. The average molecular weight is 358 g/mol. The molecule has 26 heavy (non-hydrogen) atoms. The lowest BCUT2D eigenvalue weighted by atomic mass is 10.0. The maximum atomic E-state index is 5.12. The van der Waals surface area contributed by atoms with Gasteiger partial charge in [-0.25, -0.2) is 15.0 Å². The highest BCUT2D eigenvalue weighted by Gasteiger charge is 2.25. The summed E-state index contributed by atoms with van der Waals surface area (Å²) >= 11 is 1.68. The van der Waals surface area contributed by atoms with E-state index < -0.39 is 0 Å². The summed E-state index contributed by atoms with van der Waals surface area (Å²) in [4.78, 5) is 17.8. The van der Waals surface area contributed by atoms with Crippen molar-refractivity contribution in [2.24, 2.45) is 4.99 Å². The average Bonchev–Trinajstić information content (AvgIpc) is 3.17. The van der Waals surface area contributed by atoms with E-state index in [1.165, 1.54) is 17.7 Å². The molecule has 3 aromatic rings. The monoisotopic (exact) mass is 358 g/mol. The summed E-state index contributed by atoms with van der Waals surface area (Å²) in [5.74, 6) is 0.959. The number of hydrogen-bond acceptors (Lipinski definition) is 5. The van der Waals surface area contributed by atoms with Gasteiger partial charge in [0.15, 0.2) is 5.82 Å². The van der Waals surface area contributed by atoms with E-state index in [4.69, 9.17) is 4.99 Å². The molecule has 0 bridgehead atoms. The fourth-order valence-electron chi connectivity index (χ4n) is 3.53. The van der Waals surface area contributed by atoms with Crippen LogP contribution < -0.4 is 4.90 Å². The van der Waals surface area contributed by atoms with Crippen molar-refractivity contribution in [1.82, 2.24) is 9.97 Å². The van der Waals surface area contributed by atoms with Gasteiger partial charge in [0.25, 0.3) is 0 Å². The van der Waals surface area contributed by atoms with Crippen LogP contribution in [0.1, 0.15) is 24.0 Å². The number of aliphatic imine (C=N–C) groups is 1. The van der Waals surface area contributed by atoms with E-state index in [-0.39, 0.29) is 0 Å². The van der Waals surface area contributed by atoms with Gasteiger partial charge in [0.1, 0.15) is 17.0 Å². The zero-order valence-corrected chi connectivity index (χ0v) is 15.1. The van der Waals surface area contributed by atoms with Crippen LogP contribution in [0.25, 0.3) is 0 Å². The maximum absolute atomic E-state index is 5.12. The summed E-state index contributed by atoms with van der Waals surface area (Å²) in [5, 5.41) is 0.931. The van der Waals surface area contributed by atoms with Gasteiger partial charge in [-0.3, -0.25) is 0 Å². The number of anilines is 1. The van der Waals surface area contributed by atoms with Crippen LogP contribution in [0.2, 0.25) is 0 Å². The highest BCUT2D eigenvalue weighted by Crippen LogP contribution is 2.44. The highest BCUT2D eigenvalue weighted by molar-refractivity contribution is 7.99. The van der Waals surface area contributed by atoms with Gasteiger partial charge in [-0.1, -0.05) is 60.3 Å². The molecule has 0 radical (unpaired) electrons. The standard InChI is InChI=1S/C21H18N4S/c1-2-8-15(9-3-1)18-16-10-4-5-11-17(16)26-21-19(24-18)20(22-14-23-21)25-12-6-7-13-25/h1-5,8-11,14H,6-7,12-13H2. The van der Waals surface area contributed by atoms with E-state index in [1.54, 1.807) is 18.1 Å². The first kappa shape index (κ1) is 15.6. The molecule has 5 heteroatoms. The first-order valence-corrected chi connectivity index (χ1v) is 9.73. The van der Waals surface area contributed by atoms with Crippen molar-refractivity contribution >= 4 is 29.0 Å². The summed E-state index contributed by atoms with van der Waals surface area (Å²) in [6, 6.07) is 18.8. The number of nitrogens with zero attached hydrogens (tertiary/aromatic N) is 4. The number of rotatable bonds is 2. The predicted octanol–water partition coefficient (Wildman–Crippen LogP) is 4.71. The second kappa shape index (κ2) is 6.57. The third-order valence-electron chi connectivity index (χ3n) is 4.79. The molecule has 1 saturated heterocycles. The van der Waals surface area contributed by atoms with Crippen LogP contribution in [-0.2, 0) is 0 Å². The summed E-state index contributed by atoms with van der Waals surface area (Å²) in [5.41, 5.74) is 4.15. The minimum absolute atomic E-state index is 0.898. The van der Waals surface area contributed by atoms with E-state index in [1.807, 2.05) is 6.07 Å². The van der Waals surface area contributed by atoms with Gasteiger partial charge in [0.05, 0.1) is 5.71 Å². The van der Waals surface area contributed by atoms with Crippen LogP contribution in [0.4, 0.5) is 11.5 Å². The highest BCUT2D eigenvalue weighted by atomic mass is 32.2. The van der Waals surface area contributed by atoms with Crippen molar-refractivity contribution in [2.75, 3.05) is 18.0 Å². The second-order valence-electron chi connectivity index (χ2n) is 6.47. The van der Waals surface area contributed by atoms with Crippen LogP contribution in [0, 0.1) is 0 Å². The van der Waals surface area contributed by atoms with Gasteiger partial charge < -0.3 is 4.90 Å². The van der Waals surface area contributed by atoms with E-state index in [0.717, 1.165) is 46.5 Å². The first-order chi connectivity index (χ1) is 12.9. The molecule has 0 atom stereocenters. The molecule has 3 heterocycles. The smallest absolute Gasteiger partial charge is 0.159 e. The van der Waals surface area contributed by atoms with Crippen molar-refractivity contribution in [3.05, 3.63) is 72.1 Å². The Morgan fingerprint density at radius 3 is 2.46 bits per heavy atom.